The fraction of sp³-hybridized carbons (Fsp3) is 0.0909. The molecular weight excluding hydrogens is 296 g/mol. The first-order chi connectivity index (χ1) is 8.97. The van der Waals surface area contributed by atoms with Crippen molar-refractivity contribution < 1.29 is 22.9 Å². The smallest absolute Gasteiger partial charge is 0.365 e. The van der Waals surface area contributed by atoms with E-state index in [1.807, 2.05) is 0 Å². The molecule has 100 valence electrons. The Labute approximate surface area is 113 Å². The standard InChI is InChI=1S/C11H7F2NO3S2/c12-8-2-1-7(3-9(8)13)19(17)5-6-4-18-10(14-6)11(15)16/h1-4H,5H2,(H,15,16). The number of aromatic nitrogens is 1. The maximum Gasteiger partial charge on any atom is 0.365 e. The first kappa shape index (κ1) is 13.8. The summed E-state index contributed by atoms with van der Waals surface area (Å²) in [7, 11) is -1.61. The van der Waals surface area contributed by atoms with Gasteiger partial charge in [-0.25, -0.2) is 18.6 Å². The molecule has 1 aromatic carbocycles. The lowest BCUT2D eigenvalue weighted by atomic mass is 10.3. The van der Waals surface area contributed by atoms with Crippen molar-refractivity contribution in [2.75, 3.05) is 0 Å². The van der Waals surface area contributed by atoms with Gasteiger partial charge in [0.2, 0.25) is 5.01 Å². The van der Waals surface area contributed by atoms with Crippen molar-refractivity contribution in [2.45, 2.75) is 10.6 Å². The summed E-state index contributed by atoms with van der Waals surface area (Å²) in [5, 5.41) is 10.1. The first-order valence-corrected chi connectivity index (χ1v) is 7.18. The van der Waals surface area contributed by atoms with Crippen molar-refractivity contribution in [3.63, 3.8) is 0 Å². The maximum absolute atomic E-state index is 13.0. The van der Waals surface area contributed by atoms with Gasteiger partial charge in [-0.15, -0.1) is 11.3 Å². The number of carboxylic acids is 1. The number of nitrogens with zero attached hydrogens (tertiary/aromatic N) is 1. The van der Waals surface area contributed by atoms with Gasteiger partial charge in [0.1, 0.15) is 0 Å². The Hall–Kier alpha value is -1.67. The number of hydrogen-bond acceptors (Lipinski definition) is 4. The Balaban J connectivity index is 2.15. The van der Waals surface area contributed by atoms with E-state index in [9.17, 15) is 17.8 Å². The van der Waals surface area contributed by atoms with Crippen LogP contribution in [-0.4, -0.2) is 20.3 Å². The second kappa shape index (κ2) is 5.54. The van der Waals surface area contributed by atoms with E-state index < -0.39 is 28.4 Å². The average Bonchev–Trinajstić information content (AvgIpc) is 2.81. The molecule has 0 radical (unpaired) electrons. The zero-order valence-electron chi connectivity index (χ0n) is 9.30. The SMILES string of the molecule is O=C(O)c1nc(CS(=O)c2ccc(F)c(F)c2)cs1. The number of hydrogen-bond donors (Lipinski definition) is 1. The summed E-state index contributed by atoms with van der Waals surface area (Å²) in [5.74, 6) is -3.29. The summed E-state index contributed by atoms with van der Waals surface area (Å²) in [6.07, 6.45) is 0. The lowest BCUT2D eigenvalue weighted by molar-refractivity contribution is 0.0696. The van der Waals surface area contributed by atoms with Crippen molar-refractivity contribution in [1.82, 2.24) is 4.98 Å². The van der Waals surface area contributed by atoms with Crippen LogP contribution in [0.1, 0.15) is 15.5 Å². The molecule has 1 N–H and O–H groups in total. The highest BCUT2D eigenvalue weighted by atomic mass is 32.2. The lowest BCUT2D eigenvalue weighted by Crippen LogP contribution is -2.00. The summed E-state index contributed by atoms with van der Waals surface area (Å²) < 4.78 is 37.6. The molecule has 0 amide bonds. The van der Waals surface area contributed by atoms with Gasteiger partial charge in [-0.2, -0.15) is 0 Å². The highest BCUT2D eigenvalue weighted by Crippen LogP contribution is 2.17. The van der Waals surface area contributed by atoms with E-state index in [0.29, 0.717) is 5.69 Å². The van der Waals surface area contributed by atoms with Gasteiger partial charge in [-0.1, -0.05) is 0 Å². The number of halogens is 2. The van der Waals surface area contributed by atoms with Crippen molar-refractivity contribution in [3.8, 4) is 0 Å². The van der Waals surface area contributed by atoms with Gasteiger partial charge in [0.05, 0.1) is 22.2 Å². The van der Waals surface area contributed by atoms with Crippen LogP contribution in [-0.2, 0) is 16.6 Å². The van der Waals surface area contributed by atoms with Gasteiger partial charge in [-0.3, -0.25) is 4.21 Å². The van der Waals surface area contributed by atoms with Gasteiger partial charge in [0.15, 0.2) is 11.6 Å². The van der Waals surface area contributed by atoms with Crippen molar-refractivity contribution >= 4 is 28.1 Å². The number of thiazole rings is 1. The summed E-state index contributed by atoms with van der Waals surface area (Å²) in [6.45, 7) is 0. The Bertz CT molecular complexity index is 657. The Morgan fingerprint density at radius 3 is 2.68 bits per heavy atom. The largest absolute Gasteiger partial charge is 0.476 e. The molecule has 0 fully saturated rings. The molecule has 0 aliphatic rings. The average molecular weight is 303 g/mol. The zero-order chi connectivity index (χ0) is 14.0. The second-order valence-electron chi connectivity index (χ2n) is 3.51. The molecule has 1 unspecified atom stereocenters. The summed E-state index contributed by atoms with van der Waals surface area (Å²) >= 11 is 0.921. The Morgan fingerprint density at radius 2 is 2.11 bits per heavy atom. The minimum atomic E-state index is -1.61. The molecule has 4 nitrogen and oxygen atoms in total. The fourth-order valence-corrected chi connectivity index (χ4v) is 3.11. The highest BCUT2D eigenvalue weighted by Gasteiger charge is 2.13. The third-order valence-corrected chi connectivity index (χ3v) is 4.38. The molecule has 0 aliphatic carbocycles. The maximum atomic E-state index is 13.0. The van der Waals surface area contributed by atoms with Crippen LogP contribution < -0.4 is 0 Å². The molecule has 19 heavy (non-hydrogen) atoms. The number of carbonyl (C=O) groups is 1. The van der Waals surface area contributed by atoms with Gasteiger partial charge < -0.3 is 5.11 Å². The monoisotopic (exact) mass is 303 g/mol. The molecular formula is C11H7F2NO3S2. The fourth-order valence-electron chi connectivity index (χ4n) is 1.31. The predicted octanol–water partition coefficient (Wildman–Crippen LogP) is 2.43. The minimum Gasteiger partial charge on any atom is -0.476 e. The molecule has 1 atom stereocenters. The van der Waals surface area contributed by atoms with Crippen LogP contribution in [0.2, 0.25) is 0 Å². The lowest BCUT2D eigenvalue weighted by Gasteiger charge is -2.01. The molecule has 0 saturated heterocycles. The van der Waals surface area contributed by atoms with Crippen LogP contribution in [0.5, 0.6) is 0 Å². The van der Waals surface area contributed by atoms with Crippen molar-refractivity contribution in [2.24, 2.45) is 0 Å². The summed E-state index contributed by atoms with van der Waals surface area (Å²) in [6, 6.07) is 2.97. The predicted molar refractivity (Wildman–Crippen MR) is 65.5 cm³/mol. The number of aromatic carboxylic acids is 1. The molecule has 0 saturated carbocycles. The first-order valence-electron chi connectivity index (χ1n) is 4.98. The Kier molecular flexibility index (Phi) is 4.01. The van der Waals surface area contributed by atoms with Crippen LogP contribution >= 0.6 is 11.3 Å². The molecule has 0 spiro atoms. The van der Waals surface area contributed by atoms with E-state index in [2.05, 4.69) is 4.98 Å². The van der Waals surface area contributed by atoms with Crippen LogP contribution in [0, 0.1) is 11.6 Å². The molecule has 2 rings (SSSR count). The van der Waals surface area contributed by atoms with Gasteiger partial charge in [0, 0.05) is 10.3 Å². The topological polar surface area (TPSA) is 67.3 Å². The highest BCUT2D eigenvalue weighted by molar-refractivity contribution is 7.84. The van der Waals surface area contributed by atoms with E-state index in [0.717, 1.165) is 23.5 Å². The number of rotatable bonds is 4. The number of benzene rings is 1. The van der Waals surface area contributed by atoms with Crippen molar-refractivity contribution in [3.05, 3.63) is 45.9 Å². The molecule has 1 heterocycles. The van der Waals surface area contributed by atoms with E-state index >= 15 is 0 Å². The van der Waals surface area contributed by atoms with E-state index in [-0.39, 0.29) is 15.7 Å². The molecule has 0 bridgehead atoms. The van der Waals surface area contributed by atoms with E-state index in [1.165, 1.54) is 11.4 Å². The number of carboxylic acid groups (broad SMARTS) is 1. The summed E-state index contributed by atoms with van der Waals surface area (Å²) in [4.78, 5) is 14.5. The second-order valence-corrected chi connectivity index (χ2v) is 5.82. The van der Waals surface area contributed by atoms with Gasteiger partial charge >= 0.3 is 5.97 Å². The molecule has 0 aliphatic heterocycles. The normalized spacial score (nSPS) is 12.3. The molecule has 8 heteroatoms. The molecule has 2 aromatic rings. The van der Waals surface area contributed by atoms with Crippen LogP contribution in [0.4, 0.5) is 8.78 Å². The van der Waals surface area contributed by atoms with Crippen LogP contribution in [0.25, 0.3) is 0 Å². The third kappa shape index (κ3) is 3.21. The van der Waals surface area contributed by atoms with Crippen LogP contribution in [0.15, 0.2) is 28.5 Å². The minimum absolute atomic E-state index is 0.0468. The van der Waals surface area contributed by atoms with Gasteiger partial charge in [0.25, 0.3) is 0 Å². The van der Waals surface area contributed by atoms with Crippen LogP contribution in [0.3, 0.4) is 0 Å². The van der Waals surface area contributed by atoms with Gasteiger partial charge in [-0.05, 0) is 18.2 Å². The van der Waals surface area contributed by atoms with E-state index in [1.54, 1.807) is 0 Å². The third-order valence-electron chi connectivity index (χ3n) is 2.17. The Morgan fingerprint density at radius 1 is 1.37 bits per heavy atom. The van der Waals surface area contributed by atoms with Crippen molar-refractivity contribution in [1.29, 1.82) is 0 Å². The zero-order valence-corrected chi connectivity index (χ0v) is 10.9. The van der Waals surface area contributed by atoms with E-state index in [4.69, 9.17) is 5.11 Å². The summed E-state index contributed by atoms with van der Waals surface area (Å²) in [5.41, 5.74) is 0.338. The quantitative estimate of drug-likeness (QED) is 0.942. The molecule has 1 aromatic heterocycles.